The molecule has 6 nitrogen and oxygen atoms in total. The van der Waals surface area contributed by atoms with Gasteiger partial charge in [0.2, 0.25) is 0 Å². The molecular formula is C16H15ClN4O2. The minimum atomic E-state index is 0.432. The second-order valence-electron chi connectivity index (χ2n) is 4.86. The molecule has 0 aliphatic heterocycles. The quantitative estimate of drug-likeness (QED) is 0.768. The minimum absolute atomic E-state index is 0.432. The van der Waals surface area contributed by atoms with E-state index in [1.54, 1.807) is 26.3 Å². The average molecular weight is 331 g/mol. The van der Waals surface area contributed by atoms with Gasteiger partial charge in [-0.05, 0) is 31.2 Å². The van der Waals surface area contributed by atoms with E-state index in [1.165, 1.54) is 0 Å². The van der Waals surface area contributed by atoms with Crippen LogP contribution in [0.4, 0.5) is 5.82 Å². The van der Waals surface area contributed by atoms with Gasteiger partial charge in [-0.1, -0.05) is 22.8 Å². The minimum Gasteiger partial charge on any atom is -0.496 e. The van der Waals surface area contributed by atoms with Crippen molar-refractivity contribution in [1.82, 2.24) is 15.1 Å². The number of ether oxygens (including phenoxy) is 1. The highest BCUT2D eigenvalue weighted by Crippen LogP contribution is 2.27. The number of nitrogens with one attached hydrogen (secondary N) is 1. The summed E-state index contributed by atoms with van der Waals surface area (Å²) >= 11 is 5.98. The van der Waals surface area contributed by atoms with Crippen molar-refractivity contribution < 1.29 is 9.26 Å². The lowest BCUT2D eigenvalue weighted by molar-refractivity contribution is 0.410. The Labute approximate surface area is 138 Å². The molecule has 3 aromatic rings. The lowest BCUT2D eigenvalue weighted by atomic mass is 10.2. The standard InChI is InChI=1S/C16H15ClN4O2/c1-10-20-16(23-21-10)13-4-3-7-18-15(13)19-9-11-5-6-12(17)8-14(11)22-2/h3-8H,9H2,1-2H3,(H,18,19). The van der Waals surface area contributed by atoms with Crippen LogP contribution in [-0.2, 0) is 6.54 Å². The van der Waals surface area contributed by atoms with Crippen molar-refractivity contribution in [2.45, 2.75) is 13.5 Å². The summed E-state index contributed by atoms with van der Waals surface area (Å²) in [6, 6.07) is 9.21. The zero-order valence-electron chi connectivity index (χ0n) is 12.7. The second-order valence-corrected chi connectivity index (χ2v) is 5.29. The maximum atomic E-state index is 5.98. The fourth-order valence-electron chi connectivity index (χ4n) is 2.17. The Morgan fingerprint density at radius 2 is 2.17 bits per heavy atom. The molecule has 0 atom stereocenters. The molecule has 0 aliphatic rings. The van der Waals surface area contributed by atoms with Crippen LogP contribution in [0, 0.1) is 6.92 Å². The van der Waals surface area contributed by atoms with E-state index >= 15 is 0 Å². The molecular weight excluding hydrogens is 316 g/mol. The van der Waals surface area contributed by atoms with Gasteiger partial charge in [-0.15, -0.1) is 0 Å². The zero-order valence-corrected chi connectivity index (χ0v) is 13.5. The lowest BCUT2D eigenvalue weighted by Gasteiger charge is -2.12. The van der Waals surface area contributed by atoms with Gasteiger partial charge in [-0.2, -0.15) is 4.98 Å². The normalized spacial score (nSPS) is 10.6. The number of aryl methyl sites for hydroxylation is 1. The van der Waals surface area contributed by atoms with Gasteiger partial charge in [0.1, 0.15) is 11.6 Å². The number of halogens is 1. The van der Waals surface area contributed by atoms with Crippen LogP contribution in [0.5, 0.6) is 5.75 Å². The van der Waals surface area contributed by atoms with Crippen LogP contribution < -0.4 is 10.1 Å². The summed E-state index contributed by atoms with van der Waals surface area (Å²) in [6.07, 6.45) is 1.70. The van der Waals surface area contributed by atoms with E-state index in [9.17, 15) is 0 Å². The van der Waals surface area contributed by atoms with Crippen molar-refractivity contribution in [3.05, 3.63) is 52.9 Å². The molecule has 23 heavy (non-hydrogen) atoms. The maximum Gasteiger partial charge on any atom is 0.261 e. The van der Waals surface area contributed by atoms with Gasteiger partial charge in [-0.3, -0.25) is 0 Å². The van der Waals surface area contributed by atoms with Crippen LogP contribution in [0.3, 0.4) is 0 Å². The second kappa shape index (κ2) is 6.66. The Hall–Kier alpha value is -2.60. The fourth-order valence-corrected chi connectivity index (χ4v) is 2.33. The van der Waals surface area contributed by atoms with E-state index in [2.05, 4.69) is 20.4 Å². The number of nitrogens with zero attached hydrogens (tertiary/aromatic N) is 3. The molecule has 3 rings (SSSR count). The van der Waals surface area contributed by atoms with E-state index in [0.29, 0.717) is 29.1 Å². The predicted molar refractivity (Wildman–Crippen MR) is 87.6 cm³/mol. The summed E-state index contributed by atoms with van der Waals surface area (Å²) in [5.74, 6) is 2.39. The van der Waals surface area contributed by atoms with Crippen molar-refractivity contribution in [1.29, 1.82) is 0 Å². The first kappa shape index (κ1) is 15.3. The molecule has 1 aromatic carbocycles. The Balaban J connectivity index is 1.84. The smallest absolute Gasteiger partial charge is 0.261 e. The van der Waals surface area contributed by atoms with Crippen molar-refractivity contribution in [3.63, 3.8) is 0 Å². The first-order valence-electron chi connectivity index (χ1n) is 6.99. The van der Waals surface area contributed by atoms with Crippen molar-refractivity contribution in [2.24, 2.45) is 0 Å². The molecule has 118 valence electrons. The SMILES string of the molecule is COc1cc(Cl)ccc1CNc1ncccc1-c1nc(C)no1. The topological polar surface area (TPSA) is 73.1 Å². The number of aromatic nitrogens is 3. The Kier molecular flexibility index (Phi) is 4.43. The summed E-state index contributed by atoms with van der Waals surface area (Å²) in [5, 5.41) is 7.71. The molecule has 0 fully saturated rings. The highest BCUT2D eigenvalue weighted by Gasteiger charge is 2.13. The van der Waals surface area contributed by atoms with Crippen LogP contribution >= 0.6 is 11.6 Å². The zero-order chi connectivity index (χ0) is 16.2. The highest BCUT2D eigenvalue weighted by molar-refractivity contribution is 6.30. The molecule has 0 amide bonds. The molecule has 0 bridgehead atoms. The average Bonchev–Trinajstić information content (AvgIpc) is 3.00. The van der Waals surface area contributed by atoms with E-state index in [0.717, 1.165) is 16.9 Å². The van der Waals surface area contributed by atoms with Gasteiger partial charge < -0.3 is 14.6 Å². The number of pyridine rings is 1. The van der Waals surface area contributed by atoms with Crippen molar-refractivity contribution >= 4 is 17.4 Å². The third kappa shape index (κ3) is 3.43. The molecule has 0 unspecified atom stereocenters. The fraction of sp³-hybridized carbons (Fsp3) is 0.188. The van der Waals surface area contributed by atoms with E-state index in [4.69, 9.17) is 20.9 Å². The van der Waals surface area contributed by atoms with Crippen molar-refractivity contribution in [3.8, 4) is 17.2 Å². The van der Waals surface area contributed by atoms with E-state index < -0.39 is 0 Å². The molecule has 2 aromatic heterocycles. The summed E-state index contributed by atoms with van der Waals surface area (Å²) in [7, 11) is 1.61. The first-order valence-corrected chi connectivity index (χ1v) is 7.37. The number of hydrogen-bond acceptors (Lipinski definition) is 6. The third-order valence-corrected chi connectivity index (χ3v) is 3.50. The van der Waals surface area contributed by atoms with Crippen LogP contribution in [0.15, 0.2) is 41.1 Å². The van der Waals surface area contributed by atoms with Crippen LogP contribution in [-0.4, -0.2) is 22.2 Å². The Morgan fingerprint density at radius 1 is 1.30 bits per heavy atom. The number of methoxy groups -OCH3 is 1. The molecule has 0 spiro atoms. The van der Waals surface area contributed by atoms with Crippen LogP contribution in [0.2, 0.25) is 5.02 Å². The van der Waals surface area contributed by atoms with Gasteiger partial charge in [0.05, 0.1) is 12.7 Å². The van der Waals surface area contributed by atoms with E-state index in [-0.39, 0.29) is 0 Å². The Bertz CT molecular complexity index is 819. The molecule has 0 saturated heterocycles. The highest BCUT2D eigenvalue weighted by atomic mass is 35.5. The molecule has 2 heterocycles. The van der Waals surface area contributed by atoms with Gasteiger partial charge in [0.15, 0.2) is 5.82 Å². The van der Waals surface area contributed by atoms with E-state index in [1.807, 2.05) is 24.3 Å². The maximum absolute atomic E-state index is 5.98. The third-order valence-electron chi connectivity index (χ3n) is 3.26. The monoisotopic (exact) mass is 330 g/mol. The molecule has 0 radical (unpaired) electrons. The molecule has 0 aliphatic carbocycles. The van der Waals surface area contributed by atoms with Gasteiger partial charge in [0.25, 0.3) is 5.89 Å². The summed E-state index contributed by atoms with van der Waals surface area (Å²) in [5.41, 5.74) is 1.72. The number of anilines is 1. The summed E-state index contributed by atoms with van der Waals surface area (Å²) in [6.45, 7) is 2.30. The summed E-state index contributed by atoms with van der Waals surface area (Å²) < 4.78 is 10.6. The Morgan fingerprint density at radius 3 is 2.91 bits per heavy atom. The number of hydrogen-bond donors (Lipinski definition) is 1. The largest absolute Gasteiger partial charge is 0.496 e. The van der Waals surface area contributed by atoms with Gasteiger partial charge in [-0.25, -0.2) is 4.98 Å². The number of benzene rings is 1. The molecule has 1 N–H and O–H groups in total. The van der Waals surface area contributed by atoms with Crippen molar-refractivity contribution in [2.75, 3.05) is 12.4 Å². The van der Waals surface area contributed by atoms with Gasteiger partial charge >= 0.3 is 0 Å². The molecule has 7 heteroatoms. The lowest BCUT2D eigenvalue weighted by Crippen LogP contribution is -2.04. The summed E-state index contributed by atoms with van der Waals surface area (Å²) in [4.78, 5) is 8.59. The molecule has 0 saturated carbocycles. The van der Waals surface area contributed by atoms with Crippen LogP contribution in [0.1, 0.15) is 11.4 Å². The predicted octanol–water partition coefficient (Wildman–Crippen LogP) is 3.71. The van der Waals surface area contributed by atoms with Crippen LogP contribution in [0.25, 0.3) is 11.5 Å². The van der Waals surface area contributed by atoms with Gasteiger partial charge in [0, 0.05) is 23.3 Å². The number of rotatable bonds is 5. The first-order chi connectivity index (χ1) is 11.2.